The van der Waals surface area contributed by atoms with Crippen molar-refractivity contribution in [2.45, 2.75) is 39.5 Å². The van der Waals surface area contributed by atoms with Crippen LogP contribution in [0, 0.1) is 17.3 Å². The van der Waals surface area contributed by atoms with Gasteiger partial charge in [0.05, 0.1) is 5.41 Å². The van der Waals surface area contributed by atoms with Crippen molar-refractivity contribution >= 4 is 11.8 Å². The van der Waals surface area contributed by atoms with Gasteiger partial charge in [-0.3, -0.25) is 14.5 Å². The third-order valence-corrected chi connectivity index (χ3v) is 4.46. The van der Waals surface area contributed by atoms with E-state index in [-0.39, 0.29) is 11.8 Å². The highest BCUT2D eigenvalue weighted by Crippen LogP contribution is 2.47. The first kappa shape index (κ1) is 13.5. The second-order valence-corrected chi connectivity index (χ2v) is 6.21. The summed E-state index contributed by atoms with van der Waals surface area (Å²) in [6.45, 7) is 6.21. The van der Waals surface area contributed by atoms with Crippen molar-refractivity contribution in [1.82, 2.24) is 10.2 Å². The Morgan fingerprint density at radius 3 is 2.39 bits per heavy atom. The van der Waals surface area contributed by atoms with E-state index in [2.05, 4.69) is 19.2 Å². The molecule has 0 aliphatic carbocycles. The molecule has 1 N–H and O–H groups in total. The van der Waals surface area contributed by atoms with Crippen molar-refractivity contribution in [3.05, 3.63) is 0 Å². The molecular weight excluding hydrogens is 228 g/mol. The van der Waals surface area contributed by atoms with Crippen molar-refractivity contribution in [3.63, 3.8) is 0 Å². The molecule has 102 valence electrons. The maximum Gasteiger partial charge on any atom is 0.235 e. The Labute approximate surface area is 109 Å². The predicted octanol–water partition coefficient (Wildman–Crippen LogP) is 1.41. The van der Waals surface area contributed by atoms with E-state index in [1.54, 1.807) is 7.05 Å². The summed E-state index contributed by atoms with van der Waals surface area (Å²) < 4.78 is 0. The van der Waals surface area contributed by atoms with Gasteiger partial charge in [0.2, 0.25) is 11.8 Å². The van der Waals surface area contributed by atoms with Crippen molar-refractivity contribution < 1.29 is 9.59 Å². The quantitative estimate of drug-likeness (QED) is 0.773. The Morgan fingerprint density at radius 1 is 1.33 bits per heavy atom. The van der Waals surface area contributed by atoms with E-state index in [1.165, 1.54) is 4.90 Å². The minimum absolute atomic E-state index is 0.000757. The SMILES string of the molecule is CC(C)CC1(C2CCNCC2)CC(=O)N(C)C1=O. The van der Waals surface area contributed by atoms with Gasteiger partial charge in [0, 0.05) is 13.5 Å². The van der Waals surface area contributed by atoms with E-state index in [0.717, 1.165) is 32.4 Å². The number of hydrogen-bond donors (Lipinski definition) is 1. The molecule has 18 heavy (non-hydrogen) atoms. The third kappa shape index (κ3) is 2.18. The van der Waals surface area contributed by atoms with Gasteiger partial charge in [-0.05, 0) is 44.2 Å². The van der Waals surface area contributed by atoms with Crippen molar-refractivity contribution in [3.8, 4) is 0 Å². The monoisotopic (exact) mass is 252 g/mol. The van der Waals surface area contributed by atoms with E-state index in [4.69, 9.17) is 0 Å². The van der Waals surface area contributed by atoms with Crippen LogP contribution in [0.3, 0.4) is 0 Å². The zero-order valence-corrected chi connectivity index (χ0v) is 11.7. The number of imide groups is 1. The standard InChI is InChI=1S/C14H24N2O2/c1-10(2)8-14(11-4-6-15-7-5-11)9-12(17)16(3)13(14)18/h10-11,15H,4-9H2,1-3H3. The van der Waals surface area contributed by atoms with Crippen LogP contribution in [0.2, 0.25) is 0 Å². The molecule has 2 fully saturated rings. The molecule has 0 saturated carbocycles. The third-order valence-electron chi connectivity index (χ3n) is 4.46. The number of nitrogens with zero attached hydrogens (tertiary/aromatic N) is 1. The van der Waals surface area contributed by atoms with E-state index in [0.29, 0.717) is 18.3 Å². The molecule has 0 aromatic rings. The zero-order chi connectivity index (χ0) is 13.3. The summed E-state index contributed by atoms with van der Waals surface area (Å²) in [5.74, 6) is 0.873. The largest absolute Gasteiger partial charge is 0.317 e. The molecule has 2 heterocycles. The summed E-state index contributed by atoms with van der Waals surface area (Å²) in [5, 5.41) is 3.34. The highest BCUT2D eigenvalue weighted by molar-refractivity contribution is 6.05. The molecule has 0 spiro atoms. The molecule has 4 heteroatoms. The summed E-state index contributed by atoms with van der Waals surface area (Å²) in [6, 6.07) is 0. The van der Waals surface area contributed by atoms with E-state index in [1.807, 2.05) is 0 Å². The molecule has 0 radical (unpaired) electrons. The van der Waals surface area contributed by atoms with Gasteiger partial charge < -0.3 is 5.32 Å². The van der Waals surface area contributed by atoms with Gasteiger partial charge >= 0.3 is 0 Å². The smallest absolute Gasteiger partial charge is 0.235 e. The van der Waals surface area contributed by atoms with Crippen LogP contribution in [0.25, 0.3) is 0 Å². The number of hydrogen-bond acceptors (Lipinski definition) is 3. The number of carbonyl (C=O) groups is 2. The Morgan fingerprint density at radius 2 is 1.94 bits per heavy atom. The number of rotatable bonds is 3. The fraction of sp³-hybridized carbons (Fsp3) is 0.857. The Hall–Kier alpha value is -0.900. The van der Waals surface area contributed by atoms with Crippen LogP contribution in [-0.2, 0) is 9.59 Å². The molecule has 2 aliphatic heterocycles. The molecule has 1 unspecified atom stereocenters. The summed E-state index contributed by atoms with van der Waals surface area (Å²) in [5.41, 5.74) is -0.415. The van der Waals surface area contributed by atoms with Crippen LogP contribution in [0.5, 0.6) is 0 Å². The lowest BCUT2D eigenvalue weighted by Gasteiger charge is -2.38. The van der Waals surface area contributed by atoms with Gasteiger partial charge in [-0.2, -0.15) is 0 Å². The first-order chi connectivity index (χ1) is 8.47. The molecule has 2 aliphatic rings. The molecule has 2 saturated heterocycles. The fourth-order valence-corrected chi connectivity index (χ4v) is 3.66. The molecule has 2 rings (SSSR count). The number of amides is 2. The highest BCUT2D eigenvalue weighted by Gasteiger charge is 2.54. The van der Waals surface area contributed by atoms with Gasteiger partial charge in [0.1, 0.15) is 0 Å². The molecule has 0 aromatic heterocycles. The molecule has 4 nitrogen and oxygen atoms in total. The van der Waals surface area contributed by atoms with Gasteiger partial charge in [-0.25, -0.2) is 0 Å². The lowest BCUT2D eigenvalue weighted by molar-refractivity contribution is -0.142. The average Bonchev–Trinajstić information content (AvgIpc) is 2.55. The second kappa shape index (κ2) is 5.00. The number of nitrogens with one attached hydrogen (secondary N) is 1. The minimum Gasteiger partial charge on any atom is -0.317 e. The Bertz CT molecular complexity index is 348. The topological polar surface area (TPSA) is 49.4 Å². The molecule has 1 atom stereocenters. The Balaban J connectivity index is 2.28. The summed E-state index contributed by atoms with van der Waals surface area (Å²) >= 11 is 0. The molecule has 2 amide bonds. The average molecular weight is 252 g/mol. The lowest BCUT2D eigenvalue weighted by Crippen LogP contribution is -2.44. The summed E-state index contributed by atoms with van der Waals surface area (Å²) in [4.78, 5) is 25.8. The van der Waals surface area contributed by atoms with Crippen LogP contribution in [0.4, 0.5) is 0 Å². The van der Waals surface area contributed by atoms with Gasteiger partial charge in [-0.1, -0.05) is 13.8 Å². The Kier molecular flexibility index (Phi) is 3.76. The zero-order valence-electron chi connectivity index (χ0n) is 11.7. The maximum atomic E-state index is 12.6. The first-order valence-corrected chi connectivity index (χ1v) is 6.99. The first-order valence-electron chi connectivity index (χ1n) is 6.99. The molecule has 0 bridgehead atoms. The van der Waals surface area contributed by atoms with Gasteiger partial charge in [0.15, 0.2) is 0 Å². The van der Waals surface area contributed by atoms with Crippen LogP contribution in [0.15, 0.2) is 0 Å². The lowest BCUT2D eigenvalue weighted by atomic mass is 9.66. The van der Waals surface area contributed by atoms with Crippen LogP contribution >= 0.6 is 0 Å². The van der Waals surface area contributed by atoms with Crippen LogP contribution in [-0.4, -0.2) is 36.9 Å². The highest BCUT2D eigenvalue weighted by atomic mass is 16.2. The molecule has 0 aromatic carbocycles. The summed E-state index contributed by atoms with van der Waals surface area (Å²) in [6.07, 6.45) is 3.29. The predicted molar refractivity (Wildman–Crippen MR) is 69.9 cm³/mol. The normalized spacial score (nSPS) is 30.6. The maximum absolute atomic E-state index is 12.6. The summed E-state index contributed by atoms with van der Waals surface area (Å²) in [7, 11) is 1.63. The van der Waals surface area contributed by atoms with Crippen molar-refractivity contribution in [1.29, 1.82) is 0 Å². The minimum atomic E-state index is -0.415. The van der Waals surface area contributed by atoms with Gasteiger partial charge in [0.25, 0.3) is 0 Å². The number of piperidine rings is 1. The fourth-order valence-electron chi connectivity index (χ4n) is 3.66. The van der Waals surface area contributed by atoms with Crippen LogP contribution < -0.4 is 5.32 Å². The van der Waals surface area contributed by atoms with E-state index < -0.39 is 5.41 Å². The second-order valence-electron chi connectivity index (χ2n) is 6.21. The van der Waals surface area contributed by atoms with Gasteiger partial charge in [-0.15, -0.1) is 0 Å². The molecular formula is C14H24N2O2. The van der Waals surface area contributed by atoms with E-state index in [9.17, 15) is 9.59 Å². The number of likely N-dealkylation sites (tertiary alicyclic amines) is 1. The van der Waals surface area contributed by atoms with Crippen molar-refractivity contribution in [2.24, 2.45) is 17.3 Å². The number of carbonyl (C=O) groups excluding carboxylic acids is 2. The van der Waals surface area contributed by atoms with E-state index >= 15 is 0 Å². The van der Waals surface area contributed by atoms with Crippen LogP contribution in [0.1, 0.15) is 39.5 Å². The van der Waals surface area contributed by atoms with Crippen molar-refractivity contribution in [2.75, 3.05) is 20.1 Å².